The smallest absolute Gasteiger partial charge is 0.258 e. The molecule has 1 fully saturated rings. The first-order valence-corrected chi connectivity index (χ1v) is 10.3. The van der Waals surface area contributed by atoms with E-state index in [2.05, 4.69) is 5.32 Å². The number of carbonyl (C=O) groups is 1. The Morgan fingerprint density at radius 1 is 1.19 bits per heavy atom. The predicted octanol–water partition coefficient (Wildman–Crippen LogP) is 4.70. The van der Waals surface area contributed by atoms with Gasteiger partial charge >= 0.3 is 0 Å². The average molecular weight is 395 g/mol. The van der Waals surface area contributed by atoms with Crippen molar-refractivity contribution in [3.8, 4) is 5.75 Å². The van der Waals surface area contributed by atoms with Crippen LogP contribution in [0.3, 0.4) is 0 Å². The number of carbonyl (C=O) groups excluding carboxylic acids is 1. The SMILES string of the molecule is C[C@@H](NC(=O)COc1ccc(C2SCCS2)cc1)c1ccc(F)cc1F. The summed E-state index contributed by atoms with van der Waals surface area (Å²) in [5.74, 6) is 1.24. The van der Waals surface area contributed by atoms with Crippen molar-refractivity contribution < 1.29 is 18.3 Å². The summed E-state index contributed by atoms with van der Waals surface area (Å²) in [5.41, 5.74) is 1.48. The van der Waals surface area contributed by atoms with Gasteiger partial charge in [-0.25, -0.2) is 8.78 Å². The molecule has 1 atom stereocenters. The number of rotatable bonds is 6. The number of halogens is 2. The van der Waals surface area contributed by atoms with Crippen LogP contribution in [0.4, 0.5) is 8.78 Å². The Labute approximate surface area is 159 Å². The minimum absolute atomic E-state index is 0.167. The number of benzene rings is 2. The molecule has 1 aliphatic heterocycles. The van der Waals surface area contributed by atoms with Crippen LogP contribution in [-0.4, -0.2) is 24.0 Å². The number of nitrogens with one attached hydrogen (secondary N) is 1. The Balaban J connectivity index is 1.50. The van der Waals surface area contributed by atoms with Crippen LogP contribution in [0.15, 0.2) is 42.5 Å². The zero-order chi connectivity index (χ0) is 18.5. The van der Waals surface area contributed by atoms with E-state index in [1.54, 1.807) is 6.92 Å². The van der Waals surface area contributed by atoms with Crippen molar-refractivity contribution in [3.63, 3.8) is 0 Å². The standard InChI is InChI=1S/C19H19F2NO2S2/c1-12(16-7-4-14(20)10-17(16)21)22-18(23)11-24-15-5-2-13(3-6-15)19-25-8-9-26-19/h2-7,10,12,19H,8-9,11H2,1H3,(H,22,23)/t12-/m1/s1. The van der Waals surface area contributed by atoms with Crippen molar-refractivity contribution in [1.82, 2.24) is 5.32 Å². The van der Waals surface area contributed by atoms with Gasteiger partial charge in [-0.2, -0.15) is 0 Å². The van der Waals surface area contributed by atoms with E-state index in [0.29, 0.717) is 10.3 Å². The molecular weight excluding hydrogens is 376 g/mol. The van der Waals surface area contributed by atoms with E-state index in [4.69, 9.17) is 4.74 Å². The van der Waals surface area contributed by atoms with Crippen molar-refractivity contribution in [1.29, 1.82) is 0 Å². The van der Waals surface area contributed by atoms with Crippen molar-refractivity contribution >= 4 is 29.4 Å². The summed E-state index contributed by atoms with van der Waals surface area (Å²) in [6, 6.07) is 10.5. The molecular formula is C19H19F2NO2S2. The maximum atomic E-state index is 13.7. The normalized spacial score (nSPS) is 15.7. The minimum Gasteiger partial charge on any atom is -0.484 e. The highest BCUT2D eigenvalue weighted by Gasteiger charge is 2.18. The lowest BCUT2D eigenvalue weighted by Gasteiger charge is -2.16. The molecule has 0 bridgehead atoms. The molecule has 138 valence electrons. The zero-order valence-electron chi connectivity index (χ0n) is 14.2. The van der Waals surface area contributed by atoms with Crippen LogP contribution in [0.25, 0.3) is 0 Å². The number of amides is 1. The van der Waals surface area contributed by atoms with Gasteiger partial charge in [-0.05, 0) is 30.7 Å². The highest BCUT2D eigenvalue weighted by atomic mass is 32.2. The van der Waals surface area contributed by atoms with Gasteiger partial charge in [-0.3, -0.25) is 4.79 Å². The lowest BCUT2D eigenvalue weighted by Crippen LogP contribution is -2.31. The molecule has 26 heavy (non-hydrogen) atoms. The summed E-state index contributed by atoms with van der Waals surface area (Å²) >= 11 is 3.86. The monoisotopic (exact) mass is 395 g/mol. The quantitative estimate of drug-likeness (QED) is 0.769. The van der Waals surface area contributed by atoms with Gasteiger partial charge in [-0.15, -0.1) is 23.5 Å². The molecule has 1 saturated heterocycles. The molecule has 1 N–H and O–H groups in total. The van der Waals surface area contributed by atoms with Gasteiger partial charge in [0, 0.05) is 23.1 Å². The van der Waals surface area contributed by atoms with Crippen molar-refractivity contribution in [2.45, 2.75) is 17.5 Å². The fourth-order valence-corrected chi connectivity index (χ4v) is 5.49. The molecule has 0 radical (unpaired) electrons. The Morgan fingerprint density at radius 3 is 2.54 bits per heavy atom. The molecule has 0 aliphatic carbocycles. The van der Waals surface area contributed by atoms with Crippen LogP contribution in [0.2, 0.25) is 0 Å². The molecule has 0 unspecified atom stereocenters. The van der Waals surface area contributed by atoms with E-state index in [1.165, 1.54) is 29.2 Å². The molecule has 0 spiro atoms. The first-order chi connectivity index (χ1) is 12.5. The molecule has 0 aromatic heterocycles. The third kappa shape index (κ3) is 4.92. The third-order valence-corrected chi connectivity index (χ3v) is 7.05. The van der Waals surface area contributed by atoms with E-state index >= 15 is 0 Å². The molecule has 3 nitrogen and oxygen atoms in total. The van der Waals surface area contributed by atoms with Gasteiger partial charge in [0.2, 0.25) is 0 Å². The van der Waals surface area contributed by atoms with Crippen LogP contribution >= 0.6 is 23.5 Å². The Hall–Kier alpha value is -1.73. The van der Waals surface area contributed by atoms with Gasteiger partial charge in [-0.1, -0.05) is 18.2 Å². The Kier molecular flexibility index (Phi) is 6.43. The van der Waals surface area contributed by atoms with Crippen LogP contribution in [0.5, 0.6) is 5.75 Å². The van der Waals surface area contributed by atoms with E-state index in [9.17, 15) is 13.6 Å². The topological polar surface area (TPSA) is 38.3 Å². The van der Waals surface area contributed by atoms with Gasteiger partial charge in [0.05, 0.1) is 10.6 Å². The summed E-state index contributed by atoms with van der Waals surface area (Å²) in [7, 11) is 0. The fraction of sp³-hybridized carbons (Fsp3) is 0.316. The second kappa shape index (κ2) is 8.77. The third-order valence-electron chi connectivity index (χ3n) is 3.95. The summed E-state index contributed by atoms with van der Waals surface area (Å²) in [4.78, 5) is 12.0. The van der Waals surface area contributed by atoms with E-state index in [1.807, 2.05) is 47.8 Å². The molecule has 1 heterocycles. The van der Waals surface area contributed by atoms with Crippen molar-refractivity contribution in [3.05, 3.63) is 65.2 Å². The fourth-order valence-electron chi connectivity index (χ4n) is 2.63. The Morgan fingerprint density at radius 2 is 1.88 bits per heavy atom. The molecule has 7 heteroatoms. The molecule has 3 rings (SSSR count). The highest BCUT2D eigenvalue weighted by molar-refractivity contribution is 8.19. The molecule has 2 aromatic carbocycles. The zero-order valence-corrected chi connectivity index (χ0v) is 15.8. The Bertz CT molecular complexity index is 765. The van der Waals surface area contributed by atoms with E-state index in [0.717, 1.165) is 6.07 Å². The second-order valence-electron chi connectivity index (χ2n) is 5.89. The van der Waals surface area contributed by atoms with Crippen molar-refractivity contribution in [2.24, 2.45) is 0 Å². The van der Waals surface area contributed by atoms with E-state index < -0.39 is 17.7 Å². The predicted molar refractivity (Wildman–Crippen MR) is 103 cm³/mol. The lowest BCUT2D eigenvalue weighted by atomic mass is 10.1. The molecule has 1 amide bonds. The van der Waals surface area contributed by atoms with Gasteiger partial charge in [0.1, 0.15) is 17.4 Å². The van der Waals surface area contributed by atoms with Crippen LogP contribution in [-0.2, 0) is 4.79 Å². The molecule has 0 saturated carbocycles. The molecule has 2 aromatic rings. The maximum absolute atomic E-state index is 13.7. The highest BCUT2D eigenvalue weighted by Crippen LogP contribution is 2.45. The summed E-state index contributed by atoms with van der Waals surface area (Å²) in [6.07, 6.45) is 0. The average Bonchev–Trinajstić information content (AvgIpc) is 3.15. The number of hydrogen-bond donors (Lipinski definition) is 1. The summed E-state index contributed by atoms with van der Waals surface area (Å²) < 4.78 is 32.7. The second-order valence-corrected chi connectivity index (χ2v) is 8.61. The maximum Gasteiger partial charge on any atom is 0.258 e. The largest absolute Gasteiger partial charge is 0.484 e. The first-order valence-electron chi connectivity index (χ1n) is 8.23. The van der Waals surface area contributed by atoms with Gasteiger partial charge in [0.25, 0.3) is 5.91 Å². The van der Waals surface area contributed by atoms with Crippen LogP contribution in [0, 0.1) is 11.6 Å². The van der Waals surface area contributed by atoms with Crippen LogP contribution < -0.4 is 10.1 Å². The number of thioether (sulfide) groups is 2. The molecule has 1 aliphatic rings. The van der Waals surface area contributed by atoms with Gasteiger partial charge in [0.15, 0.2) is 6.61 Å². The first kappa shape index (κ1) is 19.0. The lowest BCUT2D eigenvalue weighted by molar-refractivity contribution is -0.123. The van der Waals surface area contributed by atoms with Crippen molar-refractivity contribution in [2.75, 3.05) is 18.1 Å². The van der Waals surface area contributed by atoms with Crippen LogP contribution in [0.1, 0.15) is 28.7 Å². The van der Waals surface area contributed by atoms with E-state index in [-0.39, 0.29) is 18.1 Å². The van der Waals surface area contributed by atoms with Gasteiger partial charge < -0.3 is 10.1 Å². The summed E-state index contributed by atoms with van der Waals surface area (Å²) in [5, 5.41) is 2.65. The summed E-state index contributed by atoms with van der Waals surface area (Å²) in [6.45, 7) is 1.47. The number of ether oxygens (including phenoxy) is 1. The minimum atomic E-state index is -0.683. The number of hydrogen-bond acceptors (Lipinski definition) is 4.